The maximum atomic E-state index is 12.6. The van der Waals surface area contributed by atoms with Crippen molar-refractivity contribution >= 4 is 5.78 Å². The summed E-state index contributed by atoms with van der Waals surface area (Å²) in [7, 11) is 0. The number of piperidine rings is 1. The van der Waals surface area contributed by atoms with E-state index in [1.54, 1.807) is 31.2 Å². The van der Waals surface area contributed by atoms with Crippen LogP contribution in [-0.2, 0) is 0 Å². The molecule has 0 aromatic heterocycles. The van der Waals surface area contributed by atoms with Crippen molar-refractivity contribution in [2.24, 2.45) is 5.92 Å². The summed E-state index contributed by atoms with van der Waals surface area (Å²) in [6.45, 7) is 2.41. The summed E-state index contributed by atoms with van der Waals surface area (Å²) in [5.41, 5.74) is 0.609. The number of likely N-dealkylation sites (tertiary alicyclic amines) is 1. The molecule has 1 unspecified atom stereocenters. The van der Waals surface area contributed by atoms with Gasteiger partial charge in [0.25, 0.3) is 0 Å². The largest absolute Gasteiger partial charge is 0.391 e. The molecule has 0 N–H and O–H groups in total. The van der Waals surface area contributed by atoms with Gasteiger partial charge in [0, 0.05) is 5.56 Å². The van der Waals surface area contributed by atoms with Crippen molar-refractivity contribution in [1.29, 1.82) is 0 Å². The molecule has 0 saturated carbocycles. The highest BCUT2D eigenvalue weighted by molar-refractivity contribution is 5.99. The van der Waals surface area contributed by atoms with E-state index in [4.69, 9.17) is 0 Å². The highest BCUT2D eigenvalue weighted by Gasteiger charge is 2.42. The first-order chi connectivity index (χ1) is 9.39. The Morgan fingerprint density at radius 1 is 1.20 bits per heavy atom. The Bertz CT molecular complexity index is 450. The average Bonchev–Trinajstić information content (AvgIpc) is 2.46. The van der Waals surface area contributed by atoms with E-state index in [-0.39, 0.29) is 24.7 Å². The number of hydrogen-bond donors (Lipinski definition) is 0. The average molecular weight is 285 g/mol. The lowest BCUT2D eigenvalue weighted by atomic mass is 9.94. The minimum atomic E-state index is -4.11. The van der Waals surface area contributed by atoms with Gasteiger partial charge in [-0.25, -0.2) is 0 Å². The number of carbonyl (C=O) groups excluding carboxylic acids is 1. The number of halogens is 3. The summed E-state index contributed by atoms with van der Waals surface area (Å²) in [6.07, 6.45) is -3.95. The third kappa shape index (κ3) is 3.39. The van der Waals surface area contributed by atoms with Crippen LogP contribution in [0.1, 0.15) is 30.1 Å². The molecule has 1 aliphatic rings. The van der Waals surface area contributed by atoms with Crippen LogP contribution in [0.25, 0.3) is 0 Å². The molecule has 1 saturated heterocycles. The Balaban J connectivity index is 1.95. The predicted molar refractivity (Wildman–Crippen MR) is 70.6 cm³/mol. The van der Waals surface area contributed by atoms with Gasteiger partial charge in [-0.05, 0) is 32.9 Å². The second-order valence-electron chi connectivity index (χ2n) is 5.26. The fourth-order valence-corrected chi connectivity index (χ4v) is 2.62. The zero-order chi connectivity index (χ0) is 14.8. The van der Waals surface area contributed by atoms with Crippen LogP contribution in [-0.4, -0.2) is 36.0 Å². The van der Waals surface area contributed by atoms with Gasteiger partial charge < -0.3 is 0 Å². The van der Waals surface area contributed by atoms with Gasteiger partial charge >= 0.3 is 6.18 Å². The molecule has 0 bridgehead atoms. The first-order valence-corrected chi connectivity index (χ1v) is 6.79. The summed E-state index contributed by atoms with van der Waals surface area (Å²) in [5.74, 6) is -1.26. The van der Waals surface area contributed by atoms with E-state index in [0.717, 1.165) is 0 Å². The molecular weight excluding hydrogens is 267 g/mol. The van der Waals surface area contributed by atoms with Crippen LogP contribution in [0, 0.1) is 5.92 Å². The Kier molecular flexibility index (Phi) is 4.48. The summed E-state index contributed by atoms with van der Waals surface area (Å²) >= 11 is 0. The first-order valence-electron chi connectivity index (χ1n) is 6.79. The van der Waals surface area contributed by atoms with E-state index in [1.165, 1.54) is 0 Å². The fourth-order valence-electron chi connectivity index (χ4n) is 2.62. The van der Waals surface area contributed by atoms with E-state index in [9.17, 15) is 18.0 Å². The van der Waals surface area contributed by atoms with Crippen molar-refractivity contribution in [3.63, 3.8) is 0 Å². The van der Waals surface area contributed by atoms with Gasteiger partial charge in [0.15, 0.2) is 5.78 Å². The molecule has 1 atom stereocenters. The number of Topliss-reactive ketones (excluding diaryl/α,β-unsaturated/α-hetero) is 1. The lowest BCUT2D eigenvalue weighted by Gasteiger charge is -2.35. The van der Waals surface area contributed by atoms with E-state index >= 15 is 0 Å². The third-order valence-electron chi connectivity index (χ3n) is 3.98. The molecule has 0 radical (unpaired) electrons. The zero-order valence-corrected chi connectivity index (χ0v) is 11.4. The zero-order valence-electron chi connectivity index (χ0n) is 11.4. The van der Waals surface area contributed by atoms with Gasteiger partial charge in [0.1, 0.15) is 0 Å². The predicted octanol–water partition coefficient (Wildman–Crippen LogP) is 3.53. The van der Waals surface area contributed by atoms with Crippen LogP contribution in [0.3, 0.4) is 0 Å². The van der Waals surface area contributed by atoms with Crippen molar-refractivity contribution < 1.29 is 18.0 Å². The van der Waals surface area contributed by atoms with Gasteiger partial charge in [0.05, 0.1) is 12.0 Å². The smallest absolute Gasteiger partial charge is 0.293 e. The van der Waals surface area contributed by atoms with Gasteiger partial charge in [-0.1, -0.05) is 30.3 Å². The quantitative estimate of drug-likeness (QED) is 0.792. The molecule has 0 aliphatic carbocycles. The minimum absolute atomic E-state index is 0.0314. The number of hydrogen-bond acceptors (Lipinski definition) is 2. The highest BCUT2D eigenvalue weighted by atomic mass is 19.4. The van der Waals surface area contributed by atoms with Crippen molar-refractivity contribution in [3.8, 4) is 0 Å². The van der Waals surface area contributed by atoms with Crippen molar-refractivity contribution in [3.05, 3.63) is 35.9 Å². The number of nitrogens with zero attached hydrogens (tertiary/aromatic N) is 1. The number of rotatable bonds is 3. The molecule has 1 heterocycles. The molecule has 0 spiro atoms. The molecule has 2 nitrogen and oxygen atoms in total. The van der Waals surface area contributed by atoms with Crippen molar-refractivity contribution in [1.82, 2.24) is 4.90 Å². The summed E-state index contributed by atoms with van der Waals surface area (Å²) in [4.78, 5) is 14.1. The maximum Gasteiger partial charge on any atom is 0.391 e. The van der Waals surface area contributed by atoms with Crippen molar-refractivity contribution in [2.75, 3.05) is 13.1 Å². The van der Waals surface area contributed by atoms with Gasteiger partial charge in [-0.3, -0.25) is 9.69 Å². The monoisotopic (exact) mass is 285 g/mol. The lowest BCUT2D eigenvalue weighted by Crippen LogP contribution is -2.46. The third-order valence-corrected chi connectivity index (χ3v) is 3.98. The van der Waals surface area contributed by atoms with Crippen LogP contribution in [0.15, 0.2) is 30.3 Å². The van der Waals surface area contributed by atoms with Gasteiger partial charge in [0.2, 0.25) is 0 Å². The molecule has 2 rings (SSSR count). The normalized spacial score (nSPS) is 19.8. The molecule has 110 valence electrons. The Labute approximate surface area is 116 Å². The molecule has 0 amide bonds. The van der Waals surface area contributed by atoms with Gasteiger partial charge in [-0.15, -0.1) is 0 Å². The number of carbonyl (C=O) groups is 1. The SMILES string of the molecule is CC(C(=O)c1ccccc1)N1CCC(C(F)(F)F)CC1. The van der Waals surface area contributed by atoms with Crippen LogP contribution >= 0.6 is 0 Å². The molecule has 5 heteroatoms. The Morgan fingerprint density at radius 3 is 2.25 bits per heavy atom. The molecule has 1 aliphatic heterocycles. The highest BCUT2D eigenvalue weighted by Crippen LogP contribution is 2.34. The van der Waals surface area contributed by atoms with Crippen LogP contribution in [0.2, 0.25) is 0 Å². The number of alkyl halides is 3. The summed E-state index contributed by atoms with van der Waals surface area (Å²) in [6, 6.07) is 8.51. The van der Waals surface area contributed by atoms with E-state index in [1.807, 2.05) is 11.0 Å². The Morgan fingerprint density at radius 2 is 1.75 bits per heavy atom. The molecule has 1 aromatic carbocycles. The maximum absolute atomic E-state index is 12.6. The van der Waals surface area contributed by atoms with E-state index in [2.05, 4.69) is 0 Å². The molecule has 1 aromatic rings. The lowest BCUT2D eigenvalue weighted by molar-refractivity contribution is -0.185. The molecule has 20 heavy (non-hydrogen) atoms. The number of ketones is 1. The molecule has 1 fully saturated rings. The number of benzene rings is 1. The van der Waals surface area contributed by atoms with Gasteiger partial charge in [-0.2, -0.15) is 13.2 Å². The van der Waals surface area contributed by atoms with Crippen LogP contribution in [0.5, 0.6) is 0 Å². The Hall–Kier alpha value is -1.36. The summed E-state index contributed by atoms with van der Waals surface area (Å²) in [5, 5.41) is 0. The fraction of sp³-hybridized carbons (Fsp3) is 0.533. The standard InChI is InChI=1S/C15H18F3NO/c1-11(14(20)12-5-3-2-4-6-12)19-9-7-13(8-10-19)15(16,17)18/h2-6,11,13H,7-10H2,1H3. The first kappa shape index (κ1) is 15.0. The van der Waals surface area contributed by atoms with Crippen molar-refractivity contribution in [2.45, 2.75) is 32.0 Å². The van der Waals surface area contributed by atoms with E-state index < -0.39 is 12.1 Å². The van der Waals surface area contributed by atoms with Crippen LogP contribution < -0.4 is 0 Å². The van der Waals surface area contributed by atoms with E-state index in [0.29, 0.717) is 18.7 Å². The second kappa shape index (κ2) is 5.95. The summed E-state index contributed by atoms with van der Waals surface area (Å²) < 4.78 is 37.8. The minimum Gasteiger partial charge on any atom is -0.293 e. The van der Waals surface area contributed by atoms with Crippen LogP contribution in [0.4, 0.5) is 13.2 Å². The molecular formula is C15H18F3NO. The topological polar surface area (TPSA) is 20.3 Å². The second-order valence-corrected chi connectivity index (χ2v) is 5.26.